The number of piperazine rings is 1. The van der Waals surface area contributed by atoms with Gasteiger partial charge in [-0.05, 0) is 68.3 Å². The van der Waals surface area contributed by atoms with E-state index in [1.165, 1.54) is 23.5 Å². The van der Waals surface area contributed by atoms with Crippen molar-refractivity contribution in [1.82, 2.24) is 34.0 Å². The summed E-state index contributed by atoms with van der Waals surface area (Å²) in [4.78, 5) is 2.85. The van der Waals surface area contributed by atoms with Gasteiger partial charge in [-0.25, -0.2) is 17.5 Å². The second-order valence-electron chi connectivity index (χ2n) is 10.7. The number of alkyl halides is 3. The van der Waals surface area contributed by atoms with Gasteiger partial charge in [-0.2, -0.15) is 32.5 Å². The Labute approximate surface area is 229 Å². The summed E-state index contributed by atoms with van der Waals surface area (Å²) >= 11 is 0. The average molecular weight is 580 g/mol. The Hall–Kier alpha value is -3.36. The van der Waals surface area contributed by atoms with Gasteiger partial charge >= 0.3 is 6.18 Å². The lowest BCUT2D eigenvalue weighted by Crippen LogP contribution is -2.54. The molecule has 0 amide bonds. The van der Waals surface area contributed by atoms with E-state index in [-0.39, 0.29) is 37.0 Å². The van der Waals surface area contributed by atoms with Gasteiger partial charge in [0.1, 0.15) is 5.82 Å². The summed E-state index contributed by atoms with van der Waals surface area (Å²) in [6, 6.07) is 8.90. The molecule has 1 aliphatic rings. The van der Waals surface area contributed by atoms with Crippen LogP contribution in [0.5, 0.6) is 0 Å². The second kappa shape index (κ2) is 9.93. The molecule has 1 aliphatic heterocycles. The largest absolute Gasteiger partial charge is 0.395 e. The molecule has 0 N–H and O–H groups in total. The fourth-order valence-corrected chi connectivity index (χ4v) is 6.34. The maximum atomic E-state index is 13.9. The molecule has 3 heterocycles. The van der Waals surface area contributed by atoms with Crippen LogP contribution < -0.4 is 0 Å². The van der Waals surface area contributed by atoms with Crippen LogP contribution in [0.2, 0.25) is 0 Å². The van der Waals surface area contributed by atoms with Gasteiger partial charge in [0.25, 0.3) is 10.0 Å². The van der Waals surface area contributed by atoms with Crippen molar-refractivity contribution < 1.29 is 26.0 Å². The third kappa shape index (κ3) is 5.10. The van der Waals surface area contributed by atoms with Crippen LogP contribution in [0.1, 0.15) is 31.0 Å². The van der Waals surface area contributed by atoms with Crippen LogP contribution in [-0.2, 0) is 17.1 Å². The molecule has 214 valence electrons. The molecule has 4 aromatic rings. The Morgan fingerprint density at radius 3 is 2.35 bits per heavy atom. The zero-order valence-corrected chi connectivity index (χ0v) is 23.2. The number of halogens is 4. The lowest BCUT2D eigenvalue weighted by atomic mass is 9.89. The van der Waals surface area contributed by atoms with Crippen LogP contribution in [0.4, 0.5) is 17.6 Å². The smallest absolute Gasteiger partial charge is 0.293 e. The molecule has 0 aliphatic carbocycles. The zero-order chi connectivity index (χ0) is 29.0. The van der Waals surface area contributed by atoms with E-state index in [1.54, 1.807) is 27.9 Å². The number of rotatable bonds is 6. The van der Waals surface area contributed by atoms with E-state index >= 15 is 0 Å². The van der Waals surface area contributed by atoms with E-state index in [9.17, 15) is 26.0 Å². The average Bonchev–Trinajstić information content (AvgIpc) is 3.50. The molecule has 9 nitrogen and oxygen atoms in total. The van der Waals surface area contributed by atoms with Gasteiger partial charge in [0, 0.05) is 44.7 Å². The first kappa shape index (κ1) is 28.2. The number of sulfonamides is 1. The fourth-order valence-electron chi connectivity index (χ4n) is 5.02. The minimum Gasteiger partial charge on any atom is -0.293 e. The highest BCUT2D eigenvalue weighted by molar-refractivity contribution is 7.89. The predicted molar refractivity (Wildman–Crippen MR) is 140 cm³/mol. The van der Waals surface area contributed by atoms with Crippen LogP contribution in [0.25, 0.3) is 16.6 Å². The van der Waals surface area contributed by atoms with Crippen molar-refractivity contribution in [3.05, 3.63) is 65.7 Å². The molecule has 5 rings (SSSR count). The van der Waals surface area contributed by atoms with Gasteiger partial charge < -0.3 is 0 Å². The molecule has 14 heteroatoms. The predicted octanol–water partition coefficient (Wildman–Crippen LogP) is 4.24. The Morgan fingerprint density at radius 1 is 1.02 bits per heavy atom. The van der Waals surface area contributed by atoms with Crippen LogP contribution >= 0.6 is 0 Å². The number of aryl methyl sites for hydroxylation is 2. The van der Waals surface area contributed by atoms with Crippen LogP contribution in [0.15, 0.2) is 53.8 Å². The number of fused-ring (bicyclic) bond motifs is 1. The Balaban J connectivity index is 1.56. The lowest BCUT2D eigenvalue weighted by Gasteiger charge is -2.44. The van der Waals surface area contributed by atoms with Crippen molar-refractivity contribution in [2.75, 3.05) is 26.2 Å². The normalized spacial score (nSPS) is 18.1. The molecule has 40 heavy (non-hydrogen) atoms. The van der Waals surface area contributed by atoms with Crippen LogP contribution in [0, 0.1) is 18.2 Å². The maximum absolute atomic E-state index is 13.9. The van der Waals surface area contributed by atoms with Gasteiger partial charge in [-0.1, -0.05) is 0 Å². The maximum Gasteiger partial charge on any atom is 0.395 e. The van der Waals surface area contributed by atoms with Crippen molar-refractivity contribution in [1.29, 1.82) is 0 Å². The number of benzene rings is 2. The Morgan fingerprint density at radius 2 is 1.73 bits per heavy atom. The molecule has 2 aromatic heterocycles. The topological polar surface area (TPSA) is 89.2 Å². The third-order valence-electron chi connectivity index (χ3n) is 7.39. The van der Waals surface area contributed by atoms with Gasteiger partial charge in [0.05, 0.1) is 29.0 Å². The molecule has 0 radical (unpaired) electrons. The molecule has 0 bridgehead atoms. The molecule has 1 saturated heterocycles. The van der Waals surface area contributed by atoms with E-state index in [4.69, 9.17) is 0 Å². The molecule has 0 spiro atoms. The van der Waals surface area contributed by atoms with Gasteiger partial charge in [0.2, 0.25) is 5.03 Å². The zero-order valence-electron chi connectivity index (χ0n) is 22.4. The standard InChI is InChI=1S/C26H29F4N7O2S/c1-17-11-22-18(13-32-37(22)20-7-5-19(27)6-8-20)12-21(17)23-15-36(40(38,39)24-14-31-34(4)33-24)10-9-35(23)16-25(2,3)26(28,29)30/h5-8,11-14,23H,9-10,15-16H2,1-4H3/t23-/m1/s1. The summed E-state index contributed by atoms with van der Waals surface area (Å²) in [6.45, 7) is 3.85. The molecule has 0 unspecified atom stereocenters. The van der Waals surface area contributed by atoms with E-state index in [2.05, 4.69) is 15.3 Å². The van der Waals surface area contributed by atoms with Crippen molar-refractivity contribution in [3.8, 4) is 5.69 Å². The number of hydrogen-bond acceptors (Lipinski definition) is 6. The van der Waals surface area contributed by atoms with Gasteiger partial charge in [0.15, 0.2) is 0 Å². The molecule has 0 saturated carbocycles. The minimum absolute atomic E-state index is 0.00708. The Kier molecular flexibility index (Phi) is 6.99. The summed E-state index contributed by atoms with van der Waals surface area (Å²) < 4.78 is 84.8. The molecular formula is C26H29F4N7O2S. The molecule has 1 atom stereocenters. The van der Waals surface area contributed by atoms with E-state index in [0.29, 0.717) is 16.6 Å². The van der Waals surface area contributed by atoms with Crippen molar-refractivity contribution in [2.45, 2.75) is 38.0 Å². The van der Waals surface area contributed by atoms with Crippen molar-refractivity contribution in [3.63, 3.8) is 0 Å². The number of aromatic nitrogens is 5. The van der Waals surface area contributed by atoms with Crippen LogP contribution in [0.3, 0.4) is 0 Å². The fraction of sp³-hybridized carbons (Fsp3) is 0.423. The minimum atomic E-state index is -4.45. The first-order valence-corrected chi connectivity index (χ1v) is 14.0. The van der Waals surface area contributed by atoms with E-state index in [0.717, 1.165) is 35.9 Å². The van der Waals surface area contributed by atoms with Gasteiger partial charge in [-0.3, -0.25) is 4.90 Å². The van der Waals surface area contributed by atoms with Crippen molar-refractivity contribution >= 4 is 20.9 Å². The van der Waals surface area contributed by atoms with E-state index in [1.807, 2.05) is 19.1 Å². The van der Waals surface area contributed by atoms with Gasteiger partial charge in [-0.15, -0.1) is 5.10 Å². The summed E-state index contributed by atoms with van der Waals surface area (Å²) in [5.41, 5.74) is 0.812. The molecular weight excluding hydrogens is 550 g/mol. The highest BCUT2D eigenvalue weighted by Gasteiger charge is 2.50. The Bertz CT molecular complexity index is 1650. The highest BCUT2D eigenvalue weighted by Crippen LogP contribution is 2.41. The SMILES string of the molecule is Cc1cc2c(cnn2-c2ccc(F)cc2)cc1[C@H]1CN(S(=O)(=O)c2cnn(C)n2)CCN1CC(C)(C)C(F)(F)F. The van der Waals surface area contributed by atoms with Crippen LogP contribution in [-0.4, -0.2) is 74.8 Å². The summed E-state index contributed by atoms with van der Waals surface area (Å²) in [5.74, 6) is -0.376. The molecule has 1 fully saturated rings. The first-order valence-electron chi connectivity index (χ1n) is 12.6. The second-order valence-corrected chi connectivity index (χ2v) is 12.6. The summed E-state index contributed by atoms with van der Waals surface area (Å²) in [6.07, 6.45) is -1.66. The highest BCUT2D eigenvalue weighted by atomic mass is 32.2. The third-order valence-corrected chi connectivity index (χ3v) is 9.12. The van der Waals surface area contributed by atoms with E-state index < -0.39 is 27.7 Å². The number of nitrogens with zero attached hydrogens (tertiary/aromatic N) is 7. The molecule has 2 aromatic carbocycles. The van der Waals surface area contributed by atoms with Crippen molar-refractivity contribution in [2.24, 2.45) is 12.5 Å². The number of hydrogen-bond donors (Lipinski definition) is 0. The monoisotopic (exact) mass is 579 g/mol. The first-order chi connectivity index (χ1) is 18.7. The lowest BCUT2D eigenvalue weighted by molar-refractivity contribution is -0.219. The summed E-state index contributed by atoms with van der Waals surface area (Å²) in [7, 11) is -2.52. The quantitative estimate of drug-likeness (QED) is 0.318. The summed E-state index contributed by atoms with van der Waals surface area (Å²) in [5, 5.41) is 12.7.